The van der Waals surface area contributed by atoms with Crippen LogP contribution in [0.25, 0.3) is 10.7 Å². The van der Waals surface area contributed by atoms with Crippen molar-refractivity contribution in [3.05, 3.63) is 70.6 Å². The zero-order valence-electron chi connectivity index (χ0n) is 14.8. The van der Waals surface area contributed by atoms with Crippen LogP contribution in [-0.2, 0) is 4.74 Å². The van der Waals surface area contributed by atoms with Gasteiger partial charge in [-0.15, -0.1) is 11.3 Å². The van der Waals surface area contributed by atoms with E-state index in [9.17, 15) is 9.18 Å². The van der Waals surface area contributed by atoms with Crippen LogP contribution in [0.3, 0.4) is 0 Å². The SMILES string of the molecule is Cc1nc(-c2ccccn2)sc1C(=O)N1CCOC(c2ccc(F)cc2)C1. The lowest BCUT2D eigenvalue weighted by Crippen LogP contribution is -2.42. The van der Waals surface area contributed by atoms with E-state index in [1.165, 1.54) is 23.5 Å². The Balaban J connectivity index is 1.54. The van der Waals surface area contributed by atoms with Crippen molar-refractivity contribution in [2.45, 2.75) is 13.0 Å². The van der Waals surface area contributed by atoms with E-state index in [0.717, 1.165) is 16.3 Å². The Morgan fingerprint density at radius 2 is 2.07 bits per heavy atom. The number of aryl methyl sites for hydroxylation is 1. The lowest BCUT2D eigenvalue weighted by molar-refractivity contribution is -0.0227. The molecule has 1 aliphatic rings. The molecule has 0 radical (unpaired) electrons. The molecule has 1 fully saturated rings. The van der Waals surface area contributed by atoms with Crippen LogP contribution in [0.2, 0.25) is 0 Å². The Morgan fingerprint density at radius 3 is 2.81 bits per heavy atom. The van der Waals surface area contributed by atoms with Crippen LogP contribution in [0.5, 0.6) is 0 Å². The second-order valence-electron chi connectivity index (χ2n) is 6.31. The summed E-state index contributed by atoms with van der Waals surface area (Å²) in [6.45, 7) is 3.24. The highest BCUT2D eigenvalue weighted by molar-refractivity contribution is 7.17. The molecular weight excluding hydrogens is 365 g/mol. The minimum absolute atomic E-state index is 0.0532. The smallest absolute Gasteiger partial charge is 0.266 e. The maximum atomic E-state index is 13.2. The fraction of sp³-hybridized carbons (Fsp3) is 0.250. The first-order valence-electron chi connectivity index (χ1n) is 8.67. The Morgan fingerprint density at radius 1 is 1.26 bits per heavy atom. The molecule has 27 heavy (non-hydrogen) atoms. The molecule has 0 aliphatic carbocycles. The number of carbonyl (C=O) groups excluding carboxylic acids is 1. The Kier molecular flexibility index (Phi) is 4.96. The molecule has 3 heterocycles. The Bertz CT molecular complexity index is 944. The van der Waals surface area contributed by atoms with E-state index in [-0.39, 0.29) is 17.8 Å². The van der Waals surface area contributed by atoms with Crippen LogP contribution in [-0.4, -0.2) is 40.5 Å². The lowest BCUT2D eigenvalue weighted by Gasteiger charge is -2.33. The number of morpholine rings is 1. The number of benzene rings is 1. The van der Waals surface area contributed by atoms with E-state index in [2.05, 4.69) is 9.97 Å². The Labute approximate surface area is 160 Å². The minimum atomic E-state index is -0.287. The number of carbonyl (C=O) groups is 1. The molecule has 1 amide bonds. The summed E-state index contributed by atoms with van der Waals surface area (Å²) in [7, 11) is 0. The van der Waals surface area contributed by atoms with Crippen LogP contribution >= 0.6 is 11.3 Å². The highest BCUT2D eigenvalue weighted by Gasteiger charge is 2.28. The van der Waals surface area contributed by atoms with E-state index in [4.69, 9.17) is 4.74 Å². The van der Waals surface area contributed by atoms with Crippen molar-refractivity contribution in [3.8, 4) is 10.7 Å². The van der Waals surface area contributed by atoms with Gasteiger partial charge in [0.1, 0.15) is 21.8 Å². The third-order valence-electron chi connectivity index (χ3n) is 4.47. The molecule has 1 aromatic carbocycles. The van der Waals surface area contributed by atoms with E-state index in [0.29, 0.717) is 30.3 Å². The quantitative estimate of drug-likeness (QED) is 0.689. The highest BCUT2D eigenvalue weighted by atomic mass is 32.1. The van der Waals surface area contributed by atoms with Gasteiger partial charge in [0.25, 0.3) is 5.91 Å². The molecule has 3 aromatic rings. The topological polar surface area (TPSA) is 55.3 Å². The number of aromatic nitrogens is 2. The van der Waals surface area contributed by atoms with Crippen LogP contribution in [0.15, 0.2) is 48.7 Å². The van der Waals surface area contributed by atoms with Gasteiger partial charge < -0.3 is 9.64 Å². The zero-order chi connectivity index (χ0) is 18.8. The maximum absolute atomic E-state index is 13.2. The molecule has 0 bridgehead atoms. The molecule has 1 atom stereocenters. The van der Waals surface area contributed by atoms with Crippen LogP contribution in [0, 0.1) is 12.7 Å². The molecule has 2 aromatic heterocycles. The van der Waals surface area contributed by atoms with Gasteiger partial charge in [-0.05, 0) is 36.8 Å². The third-order valence-corrected chi connectivity index (χ3v) is 5.64. The number of thiazole rings is 1. The van der Waals surface area contributed by atoms with Gasteiger partial charge in [0, 0.05) is 12.7 Å². The fourth-order valence-electron chi connectivity index (χ4n) is 3.05. The number of ether oxygens (including phenoxy) is 1. The maximum Gasteiger partial charge on any atom is 0.266 e. The summed E-state index contributed by atoms with van der Waals surface area (Å²) in [6.07, 6.45) is 1.45. The van der Waals surface area contributed by atoms with Gasteiger partial charge in [0.05, 0.1) is 24.5 Å². The van der Waals surface area contributed by atoms with Crippen molar-refractivity contribution < 1.29 is 13.9 Å². The van der Waals surface area contributed by atoms with Gasteiger partial charge in [0.2, 0.25) is 0 Å². The van der Waals surface area contributed by atoms with Crippen LogP contribution < -0.4 is 0 Å². The summed E-state index contributed by atoms with van der Waals surface area (Å²) in [4.78, 5) is 24.3. The number of amides is 1. The summed E-state index contributed by atoms with van der Waals surface area (Å²) in [5.41, 5.74) is 2.33. The molecule has 0 N–H and O–H groups in total. The second kappa shape index (κ2) is 7.54. The van der Waals surface area contributed by atoms with Crippen molar-refractivity contribution in [3.63, 3.8) is 0 Å². The molecule has 4 rings (SSSR count). The van der Waals surface area contributed by atoms with Gasteiger partial charge in [-0.25, -0.2) is 9.37 Å². The molecule has 0 saturated carbocycles. The van der Waals surface area contributed by atoms with Gasteiger partial charge in [-0.3, -0.25) is 9.78 Å². The average molecular weight is 383 g/mol. The first kappa shape index (κ1) is 17.8. The van der Waals surface area contributed by atoms with E-state index < -0.39 is 0 Å². The lowest BCUT2D eigenvalue weighted by atomic mass is 10.1. The molecule has 1 saturated heterocycles. The summed E-state index contributed by atoms with van der Waals surface area (Å²) < 4.78 is 18.9. The summed E-state index contributed by atoms with van der Waals surface area (Å²) in [6, 6.07) is 11.8. The number of pyridine rings is 1. The molecular formula is C20H18FN3O2S. The summed E-state index contributed by atoms with van der Waals surface area (Å²) in [5.74, 6) is -0.340. The predicted octanol–water partition coefficient (Wildman–Crippen LogP) is 3.87. The molecule has 0 spiro atoms. The number of hydrogen-bond acceptors (Lipinski definition) is 5. The monoisotopic (exact) mass is 383 g/mol. The minimum Gasteiger partial charge on any atom is -0.370 e. The predicted molar refractivity (Wildman–Crippen MR) is 101 cm³/mol. The number of rotatable bonds is 3. The van der Waals surface area contributed by atoms with Gasteiger partial charge in [-0.1, -0.05) is 18.2 Å². The van der Waals surface area contributed by atoms with E-state index in [1.807, 2.05) is 25.1 Å². The van der Waals surface area contributed by atoms with Gasteiger partial charge in [0.15, 0.2) is 0 Å². The molecule has 5 nitrogen and oxygen atoms in total. The second-order valence-corrected chi connectivity index (χ2v) is 7.31. The van der Waals surface area contributed by atoms with Crippen molar-refractivity contribution >= 4 is 17.2 Å². The largest absolute Gasteiger partial charge is 0.370 e. The van der Waals surface area contributed by atoms with E-state index >= 15 is 0 Å². The molecule has 1 aliphatic heterocycles. The standard InChI is InChI=1S/C20H18FN3O2S/c1-13-18(27-19(23-13)16-4-2-3-9-22-16)20(25)24-10-11-26-17(12-24)14-5-7-15(21)8-6-14/h2-9,17H,10-12H2,1H3. The Hall–Kier alpha value is -2.64. The number of halogens is 1. The van der Waals surface area contributed by atoms with Crippen molar-refractivity contribution in [1.29, 1.82) is 0 Å². The first-order valence-corrected chi connectivity index (χ1v) is 9.48. The highest BCUT2D eigenvalue weighted by Crippen LogP contribution is 2.29. The van der Waals surface area contributed by atoms with Crippen molar-refractivity contribution in [2.75, 3.05) is 19.7 Å². The van der Waals surface area contributed by atoms with Gasteiger partial charge in [-0.2, -0.15) is 0 Å². The normalized spacial score (nSPS) is 17.1. The van der Waals surface area contributed by atoms with Crippen molar-refractivity contribution in [2.24, 2.45) is 0 Å². The first-order chi connectivity index (χ1) is 13.1. The number of hydrogen-bond donors (Lipinski definition) is 0. The summed E-state index contributed by atoms with van der Waals surface area (Å²) in [5, 5.41) is 0.736. The molecule has 1 unspecified atom stereocenters. The molecule has 138 valence electrons. The van der Waals surface area contributed by atoms with E-state index in [1.54, 1.807) is 23.2 Å². The number of nitrogens with zero attached hydrogens (tertiary/aromatic N) is 3. The molecule has 7 heteroatoms. The third kappa shape index (κ3) is 3.74. The summed E-state index contributed by atoms with van der Waals surface area (Å²) >= 11 is 1.36. The fourth-order valence-corrected chi connectivity index (χ4v) is 4.06. The van der Waals surface area contributed by atoms with Gasteiger partial charge >= 0.3 is 0 Å². The van der Waals surface area contributed by atoms with Crippen LogP contribution in [0.4, 0.5) is 4.39 Å². The zero-order valence-corrected chi connectivity index (χ0v) is 15.6. The van der Waals surface area contributed by atoms with Crippen molar-refractivity contribution in [1.82, 2.24) is 14.9 Å². The van der Waals surface area contributed by atoms with Crippen LogP contribution in [0.1, 0.15) is 27.0 Å². The average Bonchev–Trinajstić information content (AvgIpc) is 3.10.